The molecule has 0 atom stereocenters. The van der Waals surface area contributed by atoms with Crippen LogP contribution in [0.3, 0.4) is 0 Å². The quantitative estimate of drug-likeness (QED) is 0.0568. The molecule has 0 aromatic heterocycles. The van der Waals surface area contributed by atoms with E-state index in [-0.39, 0.29) is 23.9 Å². The molecule has 236 valence electrons. The lowest BCUT2D eigenvalue weighted by Gasteiger charge is -2.15. The number of aldehydes is 1. The van der Waals surface area contributed by atoms with Crippen LogP contribution in [0.1, 0.15) is 152 Å². The Kier molecular flexibility index (Phi) is 21.0. The molecule has 0 aliphatic rings. The van der Waals surface area contributed by atoms with Crippen LogP contribution in [0.15, 0.2) is 41.5 Å². The summed E-state index contributed by atoms with van der Waals surface area (Å²) < 4.78 is 11.0. The Hall–Kier alpha value is -2.82. The first-order valence-corrected chi connectivity index (χ1v) is 16.3. The number of esters is 1. The van der Waals surface area contributed by atoms with E-state index in [4.69, 9.17) is 9.47 Å². The molecule has 0 amide bonds. The van der Waals surface area contributed by atoms with Crippen LogP contribution in [0, 0.1) is 0 Å². The fourth-order valence-electron chi connectivity index (χ4n) is 4.92. The minimum atomic E-state index is -0.290. The van der Waals surface area contributed by atoms with Crippen LogP contribution in [-0.4, -0.2) is 24.5 Å². The van der Waals surface area contributed by atoms with Gasteiger partial charge in [-0.1, -0.05) is 93.7 Å². The number of phenolic OH excluding ortho intramolecular Hbond substituents is 1. The van der Waals surface area contributed by atoms with Crippen LogP contribution < -0.4 is 4.74 Å². The molecule has 0 spiro atoms. The third-order valence-corrected chi connectivity index (χ3v) is 7.60. The molecule has 0 fully saturated rings. The van der Waals surface area contributed by atoms with Gasteiger partial charge in [0.25, 0.3) is 0 Å². The first-order valence-electron chi connectivity index (χ1n) is 16.3. The number of carbonyl (C=O) groups excluding carboxylic acids is 2. The number of ether oxygens (including phenoxy) is 2. The molecule has 0 aliphatic carbocycles. The summed E-state index contributed by atoms with van der Waals surface area (Å²) in [6.07, 6.45) is 27.9. The topological polar surface area (TPSA) is 72.8 Å². The first kappa shape index (κ1) is 37.2. The lowest BCUT2D eigenvalue weighted by Crippen LogP contribution is -2.07. The van der Waals surface area contributed by atoms with E-state index in [9.17, 15) is 14.7 Å². The van der Waals surface area contributed by atoms with E-state index in [1.165, 1.54) is 76.0 Å². The Bertz CT molecular complexity index is 998. The molecule has 5 nitrogen and oxygen atoms in total. The summed E-state index contributed by atoms with van der Waals surface area (Å²) in [6.45, 7) is 8.42. The highest BCUT2D eigenvalue weighted by Gasteiger charge is 2.18. The van der Waals surface area contributed by atoms with Crippen molar-refractivity contribution in [1.29, 1.82) is 0 Å². The smallest absolute Gasteiger partial charge is 0.306 e. The number of carbonyl (C=O) groups is 2. The van der Waals surface area contributed by atoms with E-state index in [0.717, 1.165) is 38.5 Å². The average molecular weight is 583 g/mol. The van der Waals surface area contributed by atoms with Crippen molar-refractivity contribution in [2.24, 2.45) is 0 Å². The van der Waals surface area contributed by atoms with Gasteiger partial charge in [-0.25, -0.2) is 0 Å². The van der Waals surface area contributed by atoms with Crippen LogP contribution in [0.2, 0.25) is 0 Å². The minimum Gasteiger partial charge on any atom is -0.507 e. The maximum Gasteiger partial charge on any atom is 0.306 e. The molecule has 0 radical (unpaired) electrons. The maximum atomic E-state index is 12.3. The molecular formula is C37H58O5. The highest BCUT2D eigenvalue weighted by molar-refractivity contribution is 5.83. The molecule has 1 aromatic carbocycles. The summed E-state index contributed by atoms with van der Waals surface area (Å²) in [7, 11) is 1.53. The van der Waals surface area contributed by atoms with E-state index in [0.29, 0.717) is 36.0 Å². The molecule has 0 saturated heterocycles. The molecule has 0 heterocycles. The highest BCUT2D eigenvalue weighted by atomic mass is 16.5. The van der Waals surface area contributed by atoms with Gasteiger partial charge in [-0.3, -0.25) is 9.59 Å². The highest BCUT2D eigenvalue weighted by Crippen LogP contribution is 2.35. The van der Waals surface area contributed by atoms with Gasteiger partial charge in [0.05, 0.1) is 12.7 Å². The molecule has 42 heavy (non-hydrogen) atoms. The minimum absolute atomic E-state index is 0.0697. The summed E-state index contributed by atoms with van der Waals surface area (Å²) in [4.78, 5) is 24.2. The van der Waals surface area contributed by atoms with Gasteiger partial charge in [0.1, 0.15) is 18.1 Å². The number of unbranched alkanes of at least 4 members (excludes halogenated alkanes) is 11. The summed E-state index contributed by atoms with van der Waals surface area (Å²) in [5, 5.41) is 10.9. The molecule has 1 N–H and O–H groups in total. The summed E-state index contributed by atoms with van der Waals surface area (Å²) in [5.41, 5.74) is 3.65. The number of hydrogen-bond acceptors (Lipinski definition) is 5. The normalized spacial score (nSPS) is 11.6. The molecule has 1 rings (SSSR count). The van der Waals surface area contributed by atoms with Crippen molar-refractivity contribution in [2.45, 2.75) is 143 Å². The first-order chi connectivity index (χ1) is 20.3. The van der Waals surface area contributed by atoms with Gasteiger partial charge in [0.15, 0.2) is 6.29 Å². The standard InChI is InChI=1S/C37H58O5/c1-6-7-8-9-10-11-12-13-14-15-16-17-18-19-20-24-36(39)42-29-32-27-35(41-5)33(37(40)34(32)28-38)26-25-31(4)23-21-22-30(2)3/h13-14,22,25,27-28,40H,6-12,15-21,23-24,26,29H2,1-5H3/b14-13+,31-25+. The Morgan fingerprint density at radius 3 is 2.05 bits per heavy atom. The molecule has 0 aliphatic heterocycles. The van der Waals surface area contributed by atoms with E-state index in [1.807, 2.05) is 0 Å². The Morgan fingerprint density at radius 1 is 0.833 bits per heavy atom. The molecule has 1 aromatic rings. The summed E-state index contributed by atoms with van der Waals surface area (Å²) in [6, 6.07) is 1.69. The van der Waals surface area contributed by atoms with Gasteiger partial charge in [0.2, 0.25) is 0 Å². The van der Waals surface area contributed by atoms with E-state index < -0.39 is 0 Å². The van der Waals surface area contributed by atoms with Gasteiger partial charge in [-0.05, 0) is 78.2 Å². The van der Waals surface area contributed by atoms with Crippen molar-refractivity contribution in [1.82, 2.24) is 0 Å². The van der Waals surface area contributed by atoms with Crippen molar-refractivity contribution < 1.29 is 24.2 Å². The largest absolute Gasteiger partial charge is 0.507 e. The van der Waals surface area contributed by atoms with Crippen molar-refractivity contribution in [3.05, 3.63) is 58.2 Å². The van der Waals surface area contributed by atoms with E-state index in [2.05, 4.69) is 52.0 Å². The van der Waals surface area contributed by atoms with Gasteiger partial charge in [-0.2, -0.15) is 0 Å². The number of aromatic hydroxyl groups is 1. The number of benzene rings is 1. The van der Waals surface area contributed by atoms with Crippen LogP contribution in [0.5, 0.6) is 11.5 Å². The Labute approximate surface area is 256 Å². The van der Waals surface area contributed by atoms with Crippen molar-refractivity contribution >= 4 is 12.3 Å². The second-order valence-corrected chi connectivity index (χ2v) is 11.7. The summed E-state index contributed by atoms with van der Waals surface area (Å²) >= 11 is 0. The third kappa shape index (κ3) is 16.6. The number of rotatable bonds is 24. The lowest BCUT2D eigenvalue weighted by molar-refractivity contribution is -0.145. The second kappa shape index (κ2) is 23.7. The number of phenols is 1. The van der Waals surface area contributed by atoms with Gasteiger partial charge >= 0.3 is 5.97 Å². The van der Waals surface area contributed by atoms with Crippen LogP contribution in [0.25, 0.3) is 0 Å². The van der Waals surface area contributed by atoms with E-state index in [1.54, 1.807) is 6.07 Å². The molecule has 0 saturated carbocycles. The van der Waals surface area contributed by atoms with Gasteiger partial charge < -0.3 is 14.6 Å². The van der Waals surface area contributed by atoms with Crippen molar-refractivity contribution in [3.8, 4) is 11.5 Å². The lowest BCUT2D eigenvalue weighted by atomic mass is 9.98. The van der Waals surface area contributed by atoms with Crippen molar-refractivity contribution in [3.63, 3.8) is 0 Å². The third-order valence-electron chi connectivity index (χ3n) is 7.60. The average Bonchev–Trinajstić information content (AvgIpc) is 2.97. The monoisotopic (exact) mass is 582 g/mol. The molecular weight excluding hydrogens is 524 g/mol. The fourth-order valence-corrected chi connectivity index (χ4v) is 4.92. The maximum absolute atomic E-state index is 12.3. The second-order valence-electron chi connectivity index (χ2n) is 11.7. The zero-order valence-corrected chi connectivity index (χ0v) is 27.3. The Morgan fingerprint density at radius 2 is 1.45 bits per heavy atom. The van der Waals surface area contributed by atoms with Gasteiger partial charge in [-0.15, -0.1) is 0 Å². The molecule has 0 unspecified atom stereocenters. The number of methoxy groups -OCH3 is 1. The zero-order chi connectivity index (χ0) is 31.0. The zero-order valence-electron chi connectivity index (χ0n) is 27.3. The molecule has 5 heteroatoms. The van der Waals surface area contributed by atoms with Gasteiger partial charge in [0, 0.05) is 17.5 Å². The number of hydrogen-bond donors (Lipinski definition) is 1. The SMILES string of the molecule is CCCCCCCC/C=C/CCCCCCCC(=O)OCc1cc(OC)c(C/C=C(\C)CCC=C(C)C)c(O)c1C=O. The van der Waals surface area contributed by atoms with Crippen LogP contribution in [-0.2, 0) is 22.6 Å². The van der Waals surface area contributed by atoms with Crippen molar-refractivity contribution in [2.75, 3.05) is 7.11 Å². The molecule has 0 bridgehead atoms. The number of allylic oxidation sites excluding steroid dienone is 6. The fraction of sp³-hybridized carbons (Fsp3) is 0.622. The predicted octanol–water partition coefficient (Wildman–Crippen LogP) is 10.5. The van der Waals surface area contributed by atoms with Crippen LogP contribution >= 0.6 is 0 Å². The predicted molar refractivity (Wildman–Crippen MR) is 175 cm³/mol. The summed E-state index contributed by atoms with van der Waals surface area (Å²) in [5.74, 6) is 0.0812. The Balaban J connectivity index is 2.39. The van der Waals surface area contributed by atoms with Crippen LogP contribution in [0.4, 0.5) is 0 Å². The van der Waals surface area contributed by atoms with E-state index >= 15 is 0 Å².